The Morgan fingerprint density at radius 1 is 1.19 bits per heavy atom. The van der Waals surface area contributed by atoms with Gasteiger partial charge in [-0.25, -0.2) is 0 Å². The van der Waals surface area contributed by atoms with Gasteiger partial charge in [-0.15, -0.1) is 0 Å². The molecule has 2 N–H and O–H groups in total. The van der Waals surface area contributed by atoms with Crippen LogP contribution in [0.4, 0.5) is 0 Å². The van der Waals surface area contributed by atoms with Crippen molar-refractivity contribution in [1.29, 1.82) is 0 Å². The number of hydrogen-bond donors (Lipinski definition) is 2. The summed E-state index contributed by atoms with van der Waals surface area (Å²) in [4.78, 5) is 11.3. The first kappa shape index (κ1) is 12.6. The first-order valence-corrected chi connectivity index (χ1v) is 5.55. The standard InChI is InChI=1S/C13H18O3/c1-3-13(4-2,12(15)16)9-10-5-7-11(14)8-6-10/h5-8,14H,3-4,9H2,1-2H3,(H,15,16). The van der Waals surface area contributed by atoms with E-state index < -0.39 is 11.4 Å². The Kier molecular flexibility index (Phi) is 3.93. The number of hydrogen-bond acceptors (Lipinski definition) is 2. The Morgan fingerprint density at radius 2 is 1.69 bits per heavy atom. The average molecular weight is 222 g/mol. The summed E-state index contributed by atoms with van der Waals surface area (Å²) in [7, 11) is 0. The lowest BCUT2D eigenvalue weighted by molar-refractivity contribution is -0.149. The monoisotopic (exact) mass is 222 g/mol. The lowest BCUT2D eigenvalue weighted by atomic mass is 9.77. The van der Waals surface area contributed by atoms with Crippen LogP contribution >= 0.6 is 0 Å². The summed E-state index contributed by atoms with van der Waals surface area (Å²) in [6, 6.07) is 6.73. The van der Waals surface area contributed by atoms with E-state index in [-0.39, 0.29) is 5.75 Å². The second-order valence-corrected chi connectivity index (χ2v) is 4.14. The molecule has 0 saturated carbocycles. The van der Waals surface area contributed by atoms with Crippen molar-refractivity contribution in [3.8, 4) is 5.75 Å². The predicted octanol–water partition coefficient (Wildman–Crippen LogP) is 2.83. The zero-order valence-electron chi connectivity index (χ0n) is 9.73. The summed E-state index contributed by atoms with van der Waals surface area (Å²) >= 11 is 0. The molecule has 0 atom stereocenters. The highest BCUT2D eigenvalue weighted by molar-refractivity contribution is 5.75. The zero-order valence-corrected chi connectivity index (χ0v) is 9.73. The van der Waals surface area contributed by atoms with Crippen LogP contribution in [-0.4, -0.2) is 16.2 Å². The molecule has 0 amide bonds. The molecule has 3 heteroatoms. The van der Waals surface area contributed by atoms with E-state index >= 15 is 0 Å². The lowest BCUT2D eigenvalue weighted by Gasteiger charge is -2.26. The molecular formula is C13H18O3. The molecule has 0 unspecified atom stereocenters. The number of phenols is 1. The molecule has 3 nitrogen and oxygen atoms in total. The van der Waals surface area contributed by atoms with E-state index in [1.54, 1.807) is 24.3 Å². The Balaban J connectivity index is 2.91. The Hall–Kier alpha value is -1.51. The van der Waals surface area contributed by atoms with Crippen LogP contribution in [0.2, 0.25) is 0 Å². The van der Waals surface area contributed by atoms with E-state index in [2.05, 4.69) is 0 Å². The number of carbonyl (C=O) groups is 1. The minimum absolute atomic E-state index is 0.206. The maximum atomic E-state index is 11.3. The van der Waals surface area contributed by atoms with Gasteiger partial charge >= 0.3 is 5.97 Å². The Morgan fingerprint density at radius 3 is 2.06 bits per heavy atom. The summed E-state index contributed by atoms with van der Waals surface area (Å²) < 4.78 is 0. The fourth-order valence-corrected chi connectivity index (χ4v) is 1.88. The minimum atomic E-state index is -0.745. The van der Waals surface area contributed by atoms with Gasteiger partial charge in [0.15, 0.2) is 0 Å². The molecule has 0 saturated heterocycles. The van der Waals surface area contributed by atoms with Gasteiger partial charge in [-0.3, -0.25) is 4.79 Å². The van der Waals surface area contributed by atoms with E-state index in [1.807, 2.05) is 13.8 Å². The molecule has 0 aliphatic carbocycles. The van der Waals surface area contributed by atoms with E-state index in [4.69, 9.17) is 5.11 Å². The van der Waals surface area contributed by atoms with Gasteiger partial charge in [-0.2, -0.15) is 0 Å². The summed E-state index contributed by atoms with van der Waals surface area (Å²) in [6.45, 7) is 3.80. The van der Waals surface area contributed by atoms with Gasteiger partial charge in [-0.05, 0) is 37.0 Å². The minimum Gasteiger partial charge on any atom is -0.508 e. The molecule has 0 radical (unpaired) electrons. The molecule has 0 bridgehead atoms. The quantitative estimate of drug-likeness (QED) is 0.805. The lowest BCUT2D eigenvalue weighted by Crippen LogP contribution is -2.32. The van der Waals surface area contributed by atoms with Crippen molar-refractivity contribution in [2.24, 2.45) is 5.41 Å². The topological polar surface area (TPSA) is 57.5 Å². The molecule has 1 rings (SSSR count). The van der Waals surface area contributed by atoms with Crippen LogP contribution in [0, 0.1) is 5.41 Å². The van der Waals surface area contributed by atoms with Gasteiger partial charge < -0.3 is 10.2 Å². The fraction of sp³-hybridized carbons (Fsp3) is 0.462. The number of aromatic hydroxyl groups is 1. The van der Waals surface area contributed by atoms with Gasteiger partial charge in [-0.1, -0.05) is 26.0 Å². The number of rotatable bonds is 5. The molecule has 0 heterocycles. The molecular weight excluding hydrogens is 204 g/mol. The van der Waals surface area contributed by atoms with Gasteiger partial charge in [0.2, 0.25) is 0 Å². The highest BCUT2D eigenvalue weighted by Gasteiger charge is 2.34. The van der Waals surface area contributed by atoms with Crippen LogP contribution in [0.25, 0.3) is 0 Å². The summed E-state index contributed by atoms with van der Waals surface area (Å²) in [6.07, 6.45) is 1.73. The Labute approximate surface area is 95.7 Å². The molecule has 0 fully saturated rings. The normalized spacial score (nSPS) is 11.4. The molecule has 1 aromatic carbocycles. The SMILES string of the molecule is CCC(CC)(Cc1ccc(O)cc1)C(=O)O. The predicted molar refractivity (Wildman–Crippen MR) is 62.5 cm³/mol. The third-order valence-corrected chi connectivity index (χ3v) is 3.29. The summed E-state index contributed by atoms with van der Waals surface area (Å²) in [5, 5.41) is 18.5. The smallest absolute Gasteiger partial charge is 0.309 e. The molecule has 16 heavy (non-hydrogen) atoms. The molecule has 1 aromatic rings. The summed E-state index contributed by atoms with van der Waals surface area (Å²) in [5.74, 6) is -0.539. The second-order valence-electron chi connectivity index (χ2n) is 4.14. The van der Waals surface area contributed by atoms with Crippen LogP contribution in [0.3, 0.4) is 0 Å². The van der Waals surface area contributed by atoms with E-state index in [0.29, 0.717) is 19.3 Å². The van der Waals surface area contributed by atoms with E-state index in [9.17, 15) is 9.90 Å². The molecule has 88 valence electrons. The maximum Gasteiger partial charge on any atom is 0.309 e. The molecule has 0 aliphatic heterocycles. The number of carboxylic acid groups (broad SMARTS) is 1. The van der Waals surface area contributed by atoms with Crippen LogP contribution in [0.1, 0.15) is 32.3 Å². The van der Waals surface area contributed by atoms with Gasteiger partial charge in [0, 0.05) is 0 Å². The van der Waals surface area contributed by atoms with Crippen LogP contribution in [-0.2, 0) is 11.2 Å². The van der Waals surface area contributed by atoms with Crippen molar-refractivity contribution in [1.82, 2.24) is 0 Å². The number of carboxylic acids is 1. The zero-order chi connectivity index (χ0) is 12.2. The molecule has 0 aromatic heterocycles. The number of phenolic OH excluding ortho intramolecular Hbond substituents is 1. The second kappa shape index (κ2) is 5.01. The number of benzene rings is 1. The first-order valence-electron chi connectivity index (χ1n) is 5.55. The van der Waals surface area contributed by atoms with Crippen molar-refractivity contribution >= 4 is 5.97 Å². The van der Waals surface area contributed by atoms with Crippen LogP contribution in [0.5, 0.6) is 5.75 Å². The van der Waals surface area contributed by atoms with Crippen molar-refractivity contribution in [3.63, 3.8) is 0 Å². The van der Waals surface area contributed by atoms with Crippen LogP contribution < -0.4 is 0 Å². The average Bonchev–Trinajstić information content (AvgIpc) is 2.28. The first-order chi connectivity index (χ1) is 7.54. The molecule has 0 aliphatic rings. The molecule has 0 spiro atoms. The van der Waals surface area contributed by atoms with Crippen LogP contribution in [0.15, 0.2) is 24.3 Å². The van der Waals surface area contributed by atoms with Gasteiger partial charge in [0.1, 0.15) is 5.75 Å². The van der Waals surface area contributed by atoms with Gasteiger partial charge in [0.25, 0.3) is 0 Å². The van der Waals surface area contributed by atoms with Crippen molar-refractivity contribution < 1.29 is 15.0 Å². The highest BCUT2D eigenvalue weighted by Crippen LogP contribution is 2.31. The Bertz CT molecular complexity index is 350. The van der Waals surface area contributed by atoms with Gasteiger partial charge in [0.05, 0.1) is 5.41 Å². The summed E-state index contributed by atoms with van der Waals surface area (Å²) in [5.41, 5.74) is 0.264. The van der Waals surface area contributed by atoms with E-state index in [0.717, 1.165) is 5.56 Å². The fourth-order valence-electron chi connectivity index (χ4n) is 1.88. The maximum absolute atomic E-state index is 11.3. The van der Waals surface area contributed by atoms with Crippen molar-refractivity contribution in [2.45, 2.75) is 33.1 Å². The van der Waals surface area contributed by atoms with E-state index in [1.165, 1.54) is 0 Å². The van der Waals surface area contributed by atoms with Crippen molar-refractivity contribution in [3.05, 3.63) is 29.8 Å². The van der Waals surface area contributed by atoms with Crippen molar-refractivity contribution in [2.75, 3.05) is 0 Å². The third-order valence-electron chi connectivity index (χ3n) is 3.29. The highest BCUT2D eigenvalue weighted by atomic mass is 16.4. The number of aliphatic carboxylic acids is 1. The largest absolute Gasteiger partial charge is 0.508 e. The third kappa shape index (κ3) is 2.54.